The van der Waals surface area contributed by atoms with Crippen LogP contribution < -0.4 is 10.2 Å². The average Bonchev–Trinajstić information content (AvgIpc) is 2.89. The topological polar surface area (TPSA) is 137 Å². The van der Waals surface area contributed by atoms with Crippen molar-refractivity contribution in [1.82, 2.24) is 9.97 Å². The summed E-state index contributed by atoms with van der Waals surface area (Å²) in [5, 5.41) is 22.3. The number of piperidine rings is 1. The number of ether oxygens (including phenoxy) is 1. The van der Waals surface area contributed by atoms with Crippen molar-refractivity contribution in [2.75, 3.05) is 23.3 Å². The lowest BCUT2D eigenvalue weighted by Crippen LogP contribution is -2.40. The fraction of sp³-hybridized carbons (Fsp3) is 0.464. The first kappa shape index (κ1) is 27.1. The zero-order chi connectivity index (χ0) is 27.1. The number of rotatable bonds is 10. The van der Waals surface area contributed by atoms with Crippen LogP contribution in [0.5, 0.6) is 0 Å². The second-order valence-corrected chi connectivity index (χ2v) is 10.4. The van der Waals surface area contributed by atoms with Gasteiger partial charge in [0.25, 0.3) is 5.88 Å². The Morgan fingerprint density at radius 1 is 1.24 bits per heavy atom. The van der Waals surface area contributed by atoms with Crippen LogP contribution in [0.2, 0.25) is 0 Å². The van der Waals surface area contributed by atoms with Crippen LogP contribution in [0.25, 0.3) is 0 Å². The fourth-order valence-electron chi connectivity index (χ4n) is 4.54. The number of hydrogen-bond donors (Lipinski definition) is 3. The number of carboxylic acid groups (broad SMARTS) is 1. The molecule has 1 amide bonds. The summed E-state index contributed by atoms with van der Waals surface area (Å²) in [6.07, 6.45) is 9.00. The summed E-state index contributed by atoms with van der Waals surface area (Å²) in [4.78, 5) is 39.2. The van der Waals surface area contributed by atoms with Gasteiger partial charge >= 0.3 is 5.97 Å². The highest BCUT2D eigenvalue weighted by Gasteiger charge is 2.27. The maximum absolute atomic E-state index is 12.6. The number of nitrogens with zero attached hydrogens (tertiary/aromatic N) is 4. The van der Waals surface area contributed by atoms with Crippen molar-refractivity contribution in [3.63, 3.8) is 0 Å². The normalized spacial score (nSPS) is 17.8. The standard InChI is InChI=1S/C28H35N5O5/c1-28(2,27(36)37)15-20-7-3-6-19(14-20)10-11-25(35)32-23-16-29-17-24(31-23)33-13-5-8-21(18-33)38-26-22(34)9-4-12-30-26/h3,6-7,12,14,16-17,21,34H,4-5,8-11,13,15,18H2,1-2H3,(H,36,37)(H,31,32,35). The molecule has 10 heteroatoms. The molecule has 1 unspecified atom stereocenters. The molecule has 3 heterocycles. The lowest BCUT2D eigenvalue weighted by molar-refractivity contribution is -0.146. The Labute approximate surface area is 222 Å². The van der Waals surface area contributed by atoms with E-state index in [2.05, 4.69) is 25.2 Å². The van der Waals surface area contributed by atoms with Crippen LogP contribution in [-0.2, 0) is 27.2 Å². The number of benzene rings is 1. The monoisotopic (exact) mass is 521 g/mol. The Bertz CT molecular complexity index is 1230. The van der Waals surface area contributed by atoms with Gasteiger partial charge < -0.3 is 25.2 Å². The molecule has 1 saturated heterocycles. The molecule has 1 atom stereocenters. The number of aromatic nitrogens is 2. The van der Waals surface area contributed by atoms with Crippen molar-refractivity contribution in [2.45, 2.75) is 64.9 Å². The third kappa shape index (κ3) is 7.30. The number of anilines is 2. The zero-order valence-corrected chi connectivity index (χ0v) is 21.9. The molecule has 4 rings (SSSR count). The molecule has 10 nitrogen and oxygen atoms in total. The van der Waals surface area contributed by atoms with Gasteiger partial charge in [-0.1, -0.05) is 24.3 Å². The van der Waals surface area contributed by atoms with Crippen molar-refractivity contribution in [3.05, 3.63) is 59.4 Å². The van der Waals surface area contributed by atoms with E-state index in [4.69, 9.17) is 4.74 Å². The van der Waals surface area contributed by atoms with Gasteiger partial charge in [0.15, 0.2) is 11.6 Å². The lowest BCUT2D eigenvalue weighted by Gasteiger charge is -2.33. The first-order valence-electron chi connectivity index (χ1n) is 13.0. The van der Waals surface area contributed by atoms with Crippen molar-refractivity contribution in [2.24, 2.45) is 10.4 Å². The number of allylic oxidation sites excluding steroid dienone is 1. The number of aliphatic hydroxyl groups excluding tert-OH is 1. The SMILES string of the molecule is CC(C)(Cc1cccc(CCC(=O)Nc2cncc(N3CCCC(OC4=C(O)CCC=N4)C3)n2)c1)C(=O)O. The van der Waals surface area contributed by atoms with E-state index >= 15 is 0 Å². The smallest absolute Gasteiger partial charge is 0.309 e. The molecule has 1 aromatic carbocycles. The number of carbonyl (C=O) groups is 2. The maximum Gasteiger partial charge on any atom is 0.309 e. The number of hydrogen-bond acceptors (Lipinski definition) is 8. The van der Waals surface area contributed by atoms with E-state index < -0.39 is 11.4 Å². The number of carboxylic acids is 1. The van der Waals surface area contributed by atoms with Gasteiger partial charge in [0, 0.05) is 25.6 Å². The van der Waals surface area contributed by atoms with E-state index in [1.165, 1.54) is 6.20 Å². The Morgan fingerprint density at radius 2 is 2.05 bits per heavy atom. The fourth-order valence-corrected chi connectivity index (χ4v) is 4.54. The molecule has 202 valence electrons. The Morgan fingerprint density at radius 3 is 2.84 bits per heavy atom. The zero-order valence-electron chi connectivity index (χ0n) is 21.9. The number of aliphatic carboxylic acids is 1. The van der Waals surface area contributed by atoms with Gasteiger partial charge in [0.05, 0.1) is 24.4 Å². The number of aliphatic hydroxyl groups is 1. The maximum atomic E-state index is 12.6. The molecule has 0 spiro atoms. The second kappa shape index (κ2) is 12.1. The number of aryl methyl sites for hydroxylation is 1. The first-order chi connectivity index (χ1) is 18.2. The van der Waals surface area contributed by atoms with Gasteiger partial charge in [-0.3, -0.25) is 14.6 Å². The van der Waals surface area contributed by atoms with Crippen LogP contribution in [0.15, 0.2) is 53.3 Å². The molecule has 2 aromatic rings. The summed E-state index contributed by atoms with van der Waals surface area (Å²) in [6.45, 7) is 4.77. The molecule has 0 radical (unpaired) electrons. The Balaban J connectivity index is 1.31. The first-order valence-corrected chi connectivity index (χ1v) is 13.0. The van der Waals surface area contributed by atoms with Gasteiger partial charge in [0.1, 0.15) is 11.9 Å². The molecule has 0 bridgehead atoms. The summed E-state index contributed by atoms with van der Waals surface area (Å²) in [6, 6.07) is 7.70. The van der Waals surface area contributed by atoms with E-state index in [9.17, 15) is 19.8 Å². The number of nitrogens with one attached hydrogen (secondary N) is 1. The van der Waals surface area contributed by atoms with E-state index in [1.807, 2.05) is 24.3 Å². The van der Waals surface area contributed by atoms with E-state index in [0.717, 1.165) is 30.5 Å². The van der Waals surface area contributed by atoms with Crippen LogP contribution >= 0.6 is 0 Å². The molecular formula is C28H35N5O5. The highest BCUT2D eigenvalue weighted by molar-refractivity contribution is 5.89. The number of carbonyl (C=O) groups excluding carboxylic acids is 1. The molecule has 2 aliphatic rings. The summed E-state index contributed by atoms with van der Waals surface area (Å²) >= 11 is 0. The van der Waals surface area contributed by atoms with E-state index in [-0.39, 0.29) is 24.2 Å². The van der Waals surface area contributed by atoms with Gasteiger partial charge in [-0.2, -0.15) is 0 Å². The van der Waals surface area contributed by atoms with Crippen LogP contribution in [0.1, 0.15) is 57.1 Å². The summed E-state index contributed by atoms with van der Waals surface area (Å²) < 4.78 is 5.95. The molecule has 1 fully saturated rings. The third-order valence-corrected chi connectivity index (χ3v) is 6.69. The largest absolute Gasteiger partial charge is 0.507 e. The minimum Gasteiger partial charge on any atom is -0.507 e. The molecule has 0 aliphatic carbocycles. The van der Waals surface area contributed by atoms with E-state index in [1.54, 1.807) is 26.3 Å². The summed E-state index contributed by atoms with van der Waals surface area (Å²) in [5.74, 6) is 0.495. The van der Waals surface area contributed by atoms with Crippen molar-refractivity contribution >= 4 is 29.7 Å². The van der Waals surface area contributed by atoms with Gasteiger partial charge in [-0.15, -0.1) is 0 Å². The summed E-state index contributed by atoms with van der Waals surface area (Å²) in [7, 11) is 0. The number of amides is 1. The second-order valence-electron chi connectivity index (χ2n) is 10.4. The highest BCUT2D eigenvalue weighted by atomic mass is 16.5. The summed E-state index contributed by atoms with van der Waals surface area (Å²) in [5.41, 5.74) is 1.05. The van der Waals surface area contributed by atoms with Crippen LogP contribution in [-0.4, -0.2) is 57.5 Å². The van der Waals surface area contributed by atoms with Gasteiger partial charge in [0.2, 0.25) is 5.91 Å². The van der Waals surface area contributed by atoms with Crippen molar-refractivity contribution < 1.29 is 24.5 Å². The average molecular weight is 522 g/mol. The highest BCUT2D eigenvalue weighted by Crippen LogP contribution is 2.25. The molecule has 3 N–H and O–H groups in total. The predicted molar refractivity (Wildman–Crippen MR) is 144 cm³/mol. The molecular weight excluding hydrogens is 486 g/mol. The number of aliphatic imine (C=N–C) groups is 1. The Kier molecular flexibility index (Phi) is 8.60. The molecule has 0 saturated carbocycles. The van der Waals surface area contributed by atoms with Crippen molar-refractivity contribution in [3.8, 4) is 0 Å². The third-order valence-electron chi connectivity index (χ3n) is 6.69. The molecule has 1 aromatic heterocycles. The van der Waals surface area contributed by atoms with Crippen LogP contribution in [0, 0.1) is 5.41 Å². The minimum atomic E-state index is -0.858. The molecule has 38 heavy (non-hydrogen) atoms. The quantitative estimate of drug-likeness (QED) is 0.421. The Hall–Kier alpha value is -3.95. The molecule has 2 aliphatic heterocycles. The van der Waals surface area contributed by atoms with E-state index in [0.29, 0.717) is 49.7 Å². The predicted octanol–water partition coefficient (Wildman–Crippen LogP) is 4.28. The van der Waals surface area contributed by atoms with Crippen LogP contribution in [0.4, 0.5) is 11.6 Å². The lowest BCUT2D eigenvalue weighted by atomic mass is 9.85. The van der Waals surface area contributed by atoms with Gasteiger partial charge in [-0.25, -0.2) is 9.98 Å². The van der Waals surface area contributed by atoms with Crippen molar-refractivity contribution in [1.29, 1.82) is 0 Å². The van der Waals surface area contributed by atoms with Crippen LogP contribution in [0.3, 0.4) is 0 Å². The minimum absolute atomic E-state index is 0.131. The van der Waals surface area contributed by atoms with Gasteiger partial charge in [-0.05, 0) is 57.1 Å².